The summed E-state index contributed by atoms with van der Waals surface area (Å²) in [5.41, 5.74) is -0.508. The number of benzene rings is 1. The Bertz CT molecular complexity index is 1640. The molecule has 12 heteroatoms. The first-order chi connectivity index (χ1) is 16.7. The molecule has 182 valence electrons. The molecule has 4 aromatic rings. The molecule has 3 heterocycles. The van der Waals surface area contributed by atoms with Gasteiger partial charge in [-0.2, -0.15) is 5.10 Å². The first kappa shape index (κ1) is 23.1. The van der Waals surface area contributed by atoms with E-state index in [0.29, 0.717) is 23.9 Å². The van der Waals surface area contributed by atoms with Crippen molar-refractivity contribution in [2.24, 2.45) is 7.05 Å². The predicted molar refractivity (Wildman–Crippen MR) is 126 cm³/mol. The van der Waals surface area contributed by atoms with Gasteiger partial charge < -0.3 is 0 Å². The van der Waals surface area contributed by atoms with Crippen molar-refractivity contribution in [1.29, 1.82) is 0 Å². The fraction of sp³-hybridized carbons (Fsp3) is 0.304. The van der Waals surface area contributed by atoms with Crippen LogP contribution in [0.15, 0.2) is 69.6 Å². The third kappa shape index (κ3) is 4.42. The standard InChI is InChI=1S/C23H23FN6O4S/c1-28-12-17(11-26-28)14-30-21(31)19-10-18(35(33,34)27-23(15-24)6-7-23)2-3-20(19)29(22(30)32)13-16-4-8-25-9-5-16/h2-5,8-12,27H,6-7,13-15H2,1H3. The molecular formula is C23H23FN6O4S. The third-order valence-electron chi connectivity index (χ3n) is 6.16. The van der Waals surface area contributed by atoms with Crippen molar-refractivity contribution < 1.29 is 12.8 Å². The highest BCUT2D eigenvalue weighted by Crippen LogP contribution is 2.37. The second kappa shape index (κ2) is 8.54. The number of hydrogen-bond donors (Lipinski definition) is 1. The molecule has 1 aromatic carbocycles. The minimum Gasteiger partial charge on any atom is -0.289 e. The molecule has 5 rings (SSSR count). The van der Waals surface area contributed by atoms with E-state index >= 15 is 0 Å². The van der Waals surface area contributed by atoms with Crippen LogP contribution >= 0.6 is 0 Å². The van der Waals surface area contributed by atoms with E-state index < -0.39 is 33.5 Å². The molecule has 1 saturated carbocycles. The maximum Gasteiger partial charge on any atom is 0.332 e. The molecule has 0 amide bonds. The van der Waals surface area contributed by atoms with Crippen LogP contribution in [0, 0.1) is 0 Å². The van der Waals surface area contributed by atoms with Crippen LogP contribution in [0.3, 0.4) is 0 Å². The third-order valence-corrected chi connectivity index (χ3v) is 7.73. The summed E-state index contributed by atoms with van der Waals surface area (Å²) in [6, 6.07) is 7.52. The summed E-state index contributed by atoms with van der Waals surface area (Å²) < 4.78 is 45.7. The number of nitrogens with zero attached hydrogens (tertiary/aromatic N) is 5. The molecule has 1 fully saturated rings. The van der Waals surface area contributed by atoms with Gasteiger partial charge in [-0.05, 0) is 48.7 Å². The van der Waals surface area contributed by atoms with Crippen molar-refractivity contribution in [2.45, 2.75) is 36.4 Å². The Balaban J connectivity index is 1.68. The van der Waals surface area contributed by atoms with Gasteiger partial charge in [0, 0.05) is 31.2 Å². The van der Waals surface area contributed by atoms with Crippen molar-refractivity contribution in [2.75, 3.05) is 6.67 Å². The van der Waals surface area contributed by atoms with Crippen LogP contribution < -0.4 is 16.0 Å². The number of sulfonamides is 1. The van der Waals surface area contributed by atoms with E-state index in [4.69, 9.17) is 0 Å². The normalized spacial score (nSPS) is 14.9. The van der Waals surface area contributed by atoms with Crippen LogP contribution in [0.4, 0.5) is 4.39 Å². The summed E-state index contributed by atoms with van der Waals surface area (Å²) >= 11 is 0. The molecular weight excluding hydrogens is 475 g/mol. The SMILES string of the molecule is Cn1cc(Cn2c(=O)c3cc(S(=O)(=O)NC4(CF)CC4)ccc3n(Cc3ccncc3)c2=O)cn1. The van der Waals surface area contributed by atoms with Gasteiger partial charge in [-0.25, -0.2) is 22.3 Å². The highest BCUT2D eigenvalue weighted by Gasteiger charge is 2.46. The van der Waals surface area contributed by atoms with Gasteiger partial charge in [0.15, 0.2) is 0 Å². The van der Waals surface area contributed by atoms with E-state index in [2.05, 4.69) is 14.8 Å². The fourth-order valence-electron chi connectivity index (χ4n) is 4.03. The minimum absolute atomic E-state index is 0.0298. The van der Waals surface area contributed by atoms with Gasteiger partial charge in [-0.3, -0.25) is 23.6 Å². The second-order valence-corrected chi connectivity index (χ2v) is 10.5. The Kier molecular flexibility index (Phi) is 5.64. The largest absolute Gasteiger partial charge is 0.332 e. The number of nitrogens with one attached hydrogen (secondary N) is 1. The lowest BCUT2D eigenvalue weighted by Crippen LogP contribution is -2.41. The average Bonchev–Trinajstić information content (AvgIpc) is 3.49. The van der Waals surface area contributed by atoms with Crippen molar-refractivity contribution >= 4 is 20.9 Å². The van der Waals surface area contributed by atoms with Crippen LogP contribution in [-0.2, 0) is 30.2 Å². The first-order valence-corrected chi connectivity index (χ1v) is 12.4. The molecule has 0 radical (unpaired) electrons. The molecule has 0 bridgehead atoms. The number of fused-ring (bicyclic) bond motifs is 1. The summed E-state index contributed by atoms with van der Waals surface area (Å²) in [6.45, 7) is -0.679. The van der Waals surface area contributed by atoms with Gasteiger partial charge in [0.2, 0.25) is 10.0 Å². The van der Waals surface area contributed by atoms with E-state index in [1.54, 1.807) is 48.6 Å². The van der Waals surface area contributed by atoms with E-state index in [0.717, 1.165) is 10.1 Å². The van der Waals surface area contributed by atoms with E-state index in [-0.39, 0.29) is 23.4 Å². The molecule has 3 aromatic heterocycles. The monoisotopic (exact) mass is 498 g/mol. The molecule has 0 saturated heterocycles. The Labute approximate surface area is 199 Å². The van der Waals surface area contributed by atoms with Gasteiger partial charge in [0.1, 0.15) is 6.67 Å². The van der Waals surface area contributed by atoms with E-state index in [9.17, 15) is 22.4 Å². The lowest BCUT2D eigenvalue weighted by atomic mass is 10.2. The van der Waals surface area contributed by atoms with Crippen LogP contribution in [-0.4, -0.2) is 44.5 Å². The number of alkyl halides is 1. The van der Waals surface area contributed by atoms with Crippen LogP contribution in [0.1, 0.15) is 24.0 Å². The summed E-state index contributed by atoms with van der Waals surface area (Å²) in [6.07, 6.45) is 7.28. The number of aryl methyl sites for hydroxylation is 1. The Morgan fingerprint density at radius 2 is 1.77 bits per heavy atom. The lowest BCUT2D eigenvalue weighted by Gasteiger charge is -2.16. The van der Waals surface area contributed by atoms with Gasteiger partial charge in [0.05, 0.1) is 40.6 Å². The lowest BCUT2D eigenvalue weighted by molar-refractivity contribution is 0.393. The van der Waals surface area contributed by atoms with E-state index in [1.165, 1.54) is 22.8 Å². The Hall–Kier alpha value is -3.64. The van der Waals surface area contributed by atoms with Crippen molar-refractivity contribution in [3.05, 3.63) is 87.1 Å². The number of pyridine rings is 1. The van der Waals surface area contributed by atoms with Gasteiger partial charge in [0.25, 0.3) is 5.56 Å². The summed E-state index contributed by atoms with van der Waals surface area (Å²) in [7, 11) is -2.35. The quantitative estimate of drug-likeness (QED) is 0.389. The second-order valence-electron chi connectivity index (χ2n) is 8.84. The summed E-state index contributed by atoms with van der Waals surface area (Å²) in [5.74, 6) is 0. The first-order valence-electron chi connectivity index (χ1n) is 11.0. The Morgan fingerprint density at radius 3 is 2.40 bits per heavy atom. The zero-order chi connectivity index (χ0) is 24.8. The molecule has 35 heavy (non-hydrogen) atoms. The highest BCUT2D eigenvalue weighted by atomic mass is 32.2. The van der Waals surface area contributed by atoms with Gasteiger partial charge >= 0.3 is 5.69 Å². The van der Waals surface area contributed by atoms with Crippen molar-refractivity contribution in [3.63, 3.8) is 0 Å². The van der Waals surface area contributed by atoms with Gasteiger partial charge in [-0.15, -0.1) is 0 Å². The van der Waals surface area contributed by atoms with E-state index in [1.807, 2.05) is 0 Å². The number of rotatable bonds is 8. The Morgan fingerprint density at radius 1 is 1.06 bits per heavy atom. The fourth-order valence-corrected chi connectivity index (χ4v) is 5.49. The summed E-state index contributed by atoms with van der Waals surface area (Å²) in [4.78, 5) is 30.7. The highest BCUT2D eigenvalue weighted by molar-refractivity contribution is 7.89. The van der Waals surface area contributed by atoms with Crippen molar-refractivity contribution in [3.8, 4) is 0 Å². The molecule has 0 aliphatic heterocycles. The molecule has 1 aliphatic rings. The number of halogens is 1. The maximum atomic E-state index is 13.4. The minimum atomic E-state index is -4.07. The van der Waals surface area contributed by atoms with Crippen molar-refractivity contribution in [1.82, 2.24) is 28.6 Å². The molecule has 0 unspecified atom stereocenters. The smallest absolute Gasteiger partial charge is 0.289 e. The summed E-state index contributed by atoms with van der Waals surface area (Å²) in [5, 5.41) is 4.15. The zero-order valence-electron chi connectivity index (χ0n) is 18.9. The molecule has 10 nitrogen and oxygen atoms in total. The molecule has 0 spiro atoms. The van der Waals surface area contributed by atoms with Gasteiger partial charge in [-0.1, -0.05) is 0 Å². The van der Waals surface area contributed by atoms with Crippen LogP contribution in [0.5, 0.6) is 0 Å². The number of aromatic nitrogens is 5. The predicted octanol–water partition coefficient (Wildman–Crippen LogP) is 1.17. The molecule has 1 aliphatic carbocycles. The van der Waals surface area contributed by atoms with Crippen LogP contribution in [0.2, 0.25) is 0 Å². The molecule has 0 atom stereocenters. The number of hydrogen-bond acceptors (Lipinski definition) is 6. The van der Waals surface area contributed by atoms with Crippen LogP contribution in [0.25, 0.3) is 10.9 Å². The maximum absolute atomic E-state index is 13.4. The topological polar surface area (TPSA) is 121 Å². The average molecular weight is 499 g/mol. The zero-order valence-corrected chi connectivity index (χ0v) is 19.7. The molecule has 1 N–H and O–H groups in total.